The number of anilines is 1. The Balaban J connectivity index is 2.19. The second kappa shape index (κ2) is 7.21. The van der Waals surface area contributed by atoms with Crippen LogP contribution in [0.1, 0.15) is 29.3 Å². The normalized spacial score (nSPS) is 17.1. The molecular weight excluding hydrogens is 368 g/mol. The van der Waals surface area contributed by atoms with E-state index in [9.17, 15) is 18.3 Å². The van der Waals surface area contributed by atoms with Gasteiger partial charge in [-0.05, 0) is 43.5 Å². The van der Waals surface area contributed by atoms with Crippen LogP contribution in [0.4, 0.5) is 5.69 Å². The molecule has 2 aromatic rings. The molecule has 1 heterocycles. The molecule has 2 aromatic carbocycles. The first-order valence-corrected chi connectivity index (χ1v) is 10.1. The molecule has 0 amide bonds. The Hall–Kier alpha value is -2.58. The molecule has 1 unspecified atom stereocenters. The summed E-state index contributed by atoms with van der Waals surface area (Å²) < 4.78 is 30.3. The van der Waals surface area contributed by atoms with Gasteiger partial charge in [-0.15, -0.1) is 0 Å². The second-order valence-corrected chi connectivity index (χ2v) is 8.46. The van der Waals surface area contributed by atoms with Crippen molar-refractivity contribution in [1.82, 2.24) is 0 Å². The molecule has 144 valence electrons. The van der Waals surface area contributed by atoms with Crippen LogP contribution < -0.4 is 14.8 Å². The number of carbonyl (C=O) groups is 1. The number of benzene rings is 2. The Morgan fingerprint density at radius 1 is 1.26 bits per heavy atom. The molecule has 1 fully saturated rings. The van der Waals surface area contributed by atoms with Gasteiger partial charge in [-0.1, -0.05) is 24.6 Å². The summed E-state index contributed by atoms with van der Waals surface area (Å²) >= 11 is 0. The summed E-state index contributed by atoms with van der Waals surface area (Å²) in [6.07, 6.45) is 0.923. The van der Waals surface area contributed by atoms with Gasteiger partial charge < -0.3 is 14.7 Å². The maximum absolute atomic E-state index is 12.2. The minimum atomic E-state index is -4.20. The van der Waals surface area contributed by atoms with Gasteiger partial charge in [0, 0.05) is 13.1 Å². The van der Waals surface area contributed by atoms with E-state index in [4.69, 9.17) is 9.88 Å². The lowest BCUT2D eigenvalue weighted by Gasteiger charge is -2.24. The maximum Gasteiger partial charge on any atom is 0.335 e. The number of aromatic carboxylic acids is 1. The topological polar surface area (TPSA) is 110 Å². The molecular formula is C19H22N2O5S. The van der Waals surface area contributed by atoms with Crippen LogP contribution in [-0.2, 0) is 10.0 Å². The van der Waals surface area contributed by atoms with Crippen molar-refractivity contribution in [2.45, 2.75) is 25.2 Å². The smallest absolute Gasteiger partial charge is 0.335 e. The fourth-order valence-corrected chi connectivity index (χ4v) is 3.83. The zero-order valence-electron chi connectivity index (χ0n) is 15.2. The van der Waals surface area contributed by atoms with Gasteiger partial charge in [0.15, 0.2) is 5.75 Å². The third-order valence-electron chi connectivity index (χ3n) is 4.59. The molecule has 0 aromatic heterocycles. The fourth-order valence-electron chi connectivity index (χ4n) is 3.14. The molecule has 0 saturated carbocycles. The third kappa shape index (κ3) is 4.23. The predicted molar refractivity (Wildman–Crippen MR) is 102 cm³/mol. The highest BCUT2D eigenvalue weighted by Gasteiger charge is 2.29. The van der Waals surface area contributed by atoms with Gasteiger partial charge in [-0.25, -0.2) is 18.4 Å². The highest BCUT2D eigenvalue weighted by molar-refractivity contribution is 7.89. The van der Waals surface area contributed by atoms with Crippen molar-refractivity contribution in [3.63, 3.8) is 0 Å². The zero-order chi connectivity index (χ0) is 19.8. The Morgan fingerprint density at radius 2 is 1.93 bits per heavy atom. The van der Waals surface area contributed by atoms with Crippen LogP contribution >= 0.6 is 0 Å². The van der Waals surface area contributed by atoms with Crippen molar-refractivity contribution in [2.75, 3.05) is 18.0 Å². The van der Waals surface area contributed by atoms with E-state index in [1.807, 2.05) is 24.0 Å². The maximum atomic E-state index is 12.2. The monoisotopic (exact) mass is 390 g/mol. The van der Waals surface area contributed by atoms with E-state index in [2.05, 4.69) is 6.92 Å². The molecule has 1 aliphatic rings. The van der Waals surface area contributed by atoms with Crippen LogP contribution in [0, 0.1) is 12.8 Å². The number of nitrogens with zero attached hydrogens (tertiary/aromatic N) is 1. The van der Waals surface area contributed by atoms with E-state index in [-0.39, 0.29) is 16.2 Å². The molecule has 1 aliphatic heterocycles. The van der Waals surface area contributed by atoms with Gasteiger partial charge in [0.1, 0.15) is 10.6 Å². The summed E-state index contributed by atoms with van der Waals surface area (Å²) in [6, 6.07) is 9.63. The number of ether oxygens (including phenoxy) is 1. The predicted octanol–water partition coefficient (Wildman–Crippen LogP) is 2.98. The SMILES string of the molecule is Cc1ccc(Oc2c(N3CCC(C)C3)cc(C(=O)O)cc2S(N)(=O)=O)cc1. The summed E-state index contributed by atoms with van der Waals surface area (Å²) in [7, 11) is -4.20. The highest BCUT2D eigenvalue weighted by atomic mass is 32.2. The first kappa shape index (κ1) is 19.2. The molecule has 8 heteroatoms. The first-order valence-electron chi connectivity index (χ1n) is 8.59. The van der Waals surface area contributed by atoms with Crippen molar-refractivity contribution >= 4 is 21.7 Å². The van der Waals surface area contributed by atoms with Crippen LogP contribution in [0.2, 0.25) is 0 Å². The van der Waals surface area contributed by atoms with Crippen molar-refractivity contribution in [1.29, 1.82) is 0 Å². The third-order valence-corrected chi connectivity index (χ3v) is 5.51. The van der Waals surface area contributed by atoms with E-state index in [1.165, 1.54) is 6.07 Å². The van der Waals surface area contributed by atoms with Crippen LogP contribution in [0.25, 0.3) is 0 Å². The molecule has 1 saturated heterocycles. The highest BCUT2D eigenvalue weighted by Crippen LogP contribution is 2.41. The lowest BCUT2D eigenvalue weighted by atomic mass is 10.1. The number of rotatable bonds is 5. The van der Waals surface area contributed by atoms with Crippen LogP contribution in [0.15, 0.2) is 41.3 Å². The number of hydrogen-bond acceptors (Lipinski definition) is 5. The number of nitrogens with two attached hydrogens (primary N) is 1. The zero-order valence-corrected chi connectivity index (χ0v) is 16.0. The molecule has 1 atom stereocenters. The minimum absolute atomic E-state index is 0.0560. The van der Waals surface area contributed by atoms with Crippen molar-refractivity contribution in [3.05, 3.63) is 47.5 Å². The van der Waals surface area contributed by atoms with Crippen molar-refractivity contribution < 1.29 is 23.1 Å². The summed E-state index contributed by atoms with van der Waals surface area (Å²) in [5.41, 5.74) is 1.30. The van der Waals surface area contributed by atoms with Gasteiger partial charge in [0.2, 0.25) is 10.0 Å². The Kier molecular flexibility index (Phi) is 5.12. The quantitative estimate of drug-likeness (QED) is 0.812. The molecule has 0 bridgehead atoms. The molecule has 27 heavy (non-hydrogen) atoms. The number of aryl methyl sites for hydroxylation is 1. The number of primary sulfonamides is 1. The summed E-state index contributed by atoms with van der Waals surface area (Å²) in [5.74, 6) is -0.318. The number of carboxylic acid groups (broad SMARTS) is 1. The Labute approximate surface area is 158 Å². The number of sulfonamides is 1. The largest absolute Gasteiger partial charge is 0.478 e. The molecule has 7 nitrogen and oxygen atoms in total. The number of carboxylic acids is 1. The fraction of sp³-hybridized carbons (Fsp3) is 0.316. The summed E-state index contributed by atoms with van der Waals surface area (Å²) in [5, 5.41) is 14.8. The van der Waals surface area contributed by atoms with Crippen molar-refractivity contribution in [2.24, 2.45) is 11.1 Å². The second-order valence-electron chi connectivity index (χ2n) is 6.93. The molecule has 0 aliphatic carbocycles. The van der Waals surface area contributed by atoms with E-state index < -0.39 is 16.0 Å². The van der Waals surface area contributed by atoms with E-state index in [0.29, 0.717) is 30.4 Å². The van der Waals surface area contributed by atoms with Gasteiger partial charge in [-0.3, -0.25) is 0 Å². The number of hydrogen-bond donors (Lipinski definition) is 2. The first-order chi connectivity index (χ1) is 12.6. The molecule has 3 N–H and O–H groups in total. The Bertz CT molecular complexity index is 970. The average molecular weight is 390 g/mol. The van der Waals surface area contributed by atoms with E-state index in [0.717, 1.165) is 18.1 Å². The molecule has 3 rings (SSSR count). The van der Waals surface area contributed by atoms with Gasteiger partial charge >= 0.3 is 5.97 Å². The minimum Gasteiger partial charge on any atom is -0.478 e. The summed E-state index contributed by atoms with van der Waals surface area (Å²) in [6.45, 7) is 5.37. The van der Waals surface area contributed by atoms with E-state index in [1.54, 1.807) is 12.1 Å². The van der Waals surface area contributed by atoms with Gasteiger partial charge in [0.05, 0.1) is 11.3 Å². The average Bonchev–Trinajstić information content (AvgIpc) is 3.02. The van der Waals surface area contributed by atoms with Crippen LogP contribution in [0.5, 0.6) is 11.5 Å². The van der Waals surface area contributed by atoms with Crippen molar-refractivity contribution in [3.8, 4) is 11.5 Å². The molecule has 0 spiro atoms. The van der Waals surface area contributed by atoms with Gasteiger partial charge in [0.25, 0.3) is 0 Å². The summed E-state index contributed by atoms with van der Waals surface area (Å²) in [4.78, 5) is 13.1. The lowest BCUT2D eigenvalue weighted by Crippen LogP contribution is -2.22. The Morgan fingerprint density at radius 3 is 2.44 bits per heavy atom. The van der Waals surface area contributed by atoms with Crippen LogP contribution in [-0.4, -0.2) is 32.6 Å². The van der Waals surface area contributed by atoms with Gasteiger partial charge in [-0.2, -0.15) is 0 Å². The molecule has 0 radical (unpaired) electrons. The standard InChI is InChI=1S/C19H22N2O5S/c1-12-3-5-15(6-4-12)26-18-16(21-8-7-13(2)11-21)9-14(19(22)23)10-17(18)27(20,24)25/h3-6,9-10,13H,7-8,11H2,1-2H3,(H,22,23)(H2,20,24,25). The lowest BCUT2D eigenvalue weighted by molar-refractivity contribution is 0.0696. The van der Waals surface area contributed by atoms with E-state index >= 15 is 0 Å². The van der Waals surface area contributed by atoms with Crippen LogP contribution in [0.3, 0.4) is 0 Å².